The summed E-state index contributed by atoms with van der Waals surface area (Å²) >= 11 is 1.46. The first kappa shape index (κ1) is 17.7. The molecule has 3 aromatic rings. The van der Waals surface area contributed by atoms with Crippen LogP contribution in [-0.4, -0.2) is 17.0 Å². The number of benzene rings is 1. The standard InChI is InChI=1S/C20H21N3O3S/c1-10-7-11(2)18-13(8-10)14(23-26-18)9-16(24)22-20-17(19(21)25)12-5-3-4-6-15(12)27-20/h7-8H,3-6,9H2,1-2H3,(H2,21,25)(H,22,24). The van der Waals surface area contributed by atoms with Crippen LogP contribution in [0.4, 0.5) is 5.00 Å². The maximum absolute atomic E-state index is 12.6. The maximum Gasteiger partial charge on any atom is 0.251 e. The summed E-state index contributed by atoms with van der Waals surface area (Å²) in [5.74, 6) is -0.715. The van der Waals surface area contributed by atoms with Crippen molar-refractivity contribution in [2.24, 2.45) is 5.73 Å². The lowest BCUT2D eigenvalue weighted by atomic mass is 9.95. The Morgan fingerprint density at radius 1 is 1.26 bits per heavy atom. The van der Waals surface area contributed by atoms with E-state index < -0.39 is 5.91 Å². The Bertz CT molecular complexity index is 1060. The molecule has 0 unspecified atom stereocenters. The summed E-state index contributed by atoms with van der Waals surface area (Å²) < 4.78 is 5.41. The minimum atomic E-state index is -0.483. The largest absolute Gasteiger partial charge is 0.365 e. The summed E-state index contributed by atoms with van der Waals surface area (Å²) in [4.78, 5) is 25.8. The molecule has 1 aliphatic carbocycles. The van der Waals surface area contributed by atoms with Crippen molar-refractivity contribution >= 4 is 39.1 Å². The van der Waals surface area contributed by atoms with Gasteiger partial charge in [-0.1, -0.05) is 11.2 Å². The van der Waals surface area contributed by atoms with Gasteiger partial charge in [0.05, 0.1) is 12.0 Å². The van der Waals surface area contributed by atoms with Gasteiger partial charge in [0.1, 0.15) is 10.7 Å². The number of rotatable bonds is 4. The molecule has 1 aliphatic rings. The van der Waals surface area contributed by atoms with Gasteiger partial charge in [0.15, 0.2) is 5.58 Å². The number of hydrogen-bond donors (Lipinski definition) is 2. The zero-order chi connectivity index (χ0) is 19.1. The molecule has 6 nitrogen and oxygen atoms in total. The Balaban J connectivity index is 1.61. The SMILES string of the molecule is Cc1cc(C)c2onc(CC(=O)Nc3sc4c(c3C(N)=O)CCCC4)c2c1. The quantitative estimate of drug-likeness (QED) is 0.718. The first-order valence-electron chi connectivity index (χ1n) is 9.03. The molecular weight excluding hydrogens is 362 g/mol. The van der Waals surface area contributed by atoms with Gasteiger partial charge in [0.2, 0.25) is 5.91 Å². The van der Waals surface area contributed by atoms with Crippen LogP contribution < -0.4 is 11.1 Å². The van der Waals surface area contributed by atoms with Crippen LogP contribution in [-0.2, 0) is 24.1 Å². The first-order chi connectivity index (χ1) is 12.9. The minimum absolute atomic E-state index is 0.0800. The van der Waals surface area contributed by atoms with Crippen molar-refractivity contribution in [1.82, 2.24) is 5.16 Å². The van der Waals surface area contributed by atoms with Gasteiger partial charge >= 0.3 is 0 Å². The molecule has 3 N–H and O–H groups in total. The second kappa shape index (κ2) is 6.81. The number of nitrogens with one attached hydrogen (secondary N) is 1. The van der Waals surface area contributed by atoms with Crippen molar-refractivity contribution in [2.75, 3.05) is 5.32 Å². The van der Waals surface area contributed by atoms with E-state index in [-0.39, 0.29) is 12.3 Å². The summed E-state index contributed by atoms with van der Waals surface area (Å²) in [5, 5.41) is 8.36. The van der Waals surface area contributed by atoms with E-state index in [1.165, 1.54) is 11.3 Å². The van der Waals surface area contributed by atoms with Gasteiger partial charge in [-0.2, -0.15) is 0 Å². The average molecular weight is 383 g/mol. The lowest BCUT2D eigenvalue weighted by Gasteiger charge is -2.11. The Labute approximate surface area is 160 Å². The molecule has 0 saturated carbocycles. The first-order valence-corrected chi connectivity index (χ1v) is 9.85. The van der Waals surface area contributed by atoms with Crippen LogP contribution in [0.1, 0.15) is 50.5 Å². The number of thiophene rings is 1. The van der Waals surface area contributed by atoms with Crippen LogP contribution in [0.3, 0.4) is 0 Å². The number of anilines is 1. The van der Waals surface area contributed by atoms with Crippen LogP contribution in [0, 0.1) is 13.8 Å². The van der Waals surface area contributed by atoms with Crippen LogP contribution in [0.15, 0.2) is 16.7 Å². The zero-order valence-corrected chi connectivity index (χ0v) is 16.2. The predicted molar refractivity (Wildman–Crippen MR) is 105 cm³/mol. The molecule has 0 bridgehead atoms. The second-order valence-electron chi connectivity index (χ2n) is 7.09. The third kappa shape index (κ3) is 3.23. The Morgan fingerprint density at radius 3 is 2.81 bits per heavy atom. The molecule has 140 valence electrons. The van der Waals surface area contributed by atoms with Crippen LogP contribution in [0.5, 0.6) is 0 Å². The Hall–Kier alpha value is -2.67. The lowest BCUT2D eigenvalue weighted by Crippen LogP contribution is -2.19. The number of aryl methyl sites for hydroxylation is 3. The van der Waals surface area contributed by atoms with Crippen molar-refractivity contribution in [3.63, 3.8) is 0 Å². The van der Waals surface area contributed by atoms with Gasteiger partial charge in [-0.3, -0.25) is 9.59 Å². The monoisotopic (exact) mass is 383 g/mol. The molecule has 7 heteroatoms. The van der Waals surface area contributed by atoms with E-state index in [4.69, 9.17) is 10.3 Å². The molecule has 27 heavy (non-hydrogen) atoms. The van der Waals surface area contributed by atoms with E-state index in [1.54, 1.807) is 0 Å². The summed E-state index contributed by atoms with van der Waals surface area (Å²) in [6.45, 7) is 3.96. The fraction of sp³-hybridized carbons (Fsp3) is 0.350. The number of carbonyl (C=O) groups is 2. The number of aromatic nitrogens is 1. The third-order valence-electron chi connectivity index (χ3n) is 4.98. The number of primary amides is 1. The highest BCUT2D eigenvalue weighted by Gasteiger charge is 2.25. The molecule has 0 atom stereocenters. The van der Waals surface area contributed by atoms with Crippen molar-refractivity contribution < 1.29 is 14.1 Å². The van der Waals surface area contributed by atoms with E-state index in [9.17, 15) is 9.59 Å². The molecular formula is C20H21N3O3S. The number of nitrogens with two attached hydrogens (primary N) is 1. The summed E-state index contributed by atoms with van der Waals surface area (Å²) in [6.07, 6.45) is 4.00. The molecule has 2 amide bonds. The van der Waals surface area contributed by atoms with Crippen LogP contribution >= 0.6 is 11.3 Å². The number of amides is 2. The molecule has 1 aromatic carbocycles. The Morgan fingerprint density at radius 2 is 2.04 bits per heavy atom. The van der Waals surface area contributed by atoms with Crippen molar-refractivity contribution in [1.29, 1.82) is 0 Å². The minimum Gasteiger partial charge on any atom is -0.365 e. The maximum atomic E-state index is 12.6. The fourth-order valence-electron chi connectivity index (χ4n) is 3.80. The highest BCUT2D eigenvalue weighted by Crippen LogP contribution is 2.38. The number of carbonyl (C=O) groups excluding carboxylic acids is 2. The molecule has 2 aromatic heterocycles. The van der Waals surface area contributed by atoms with Crippen LogP contribution in [0.2, 0.25) is 0 Å². The van der Waals surface area contributed by atoms with E-state index in [1.807, 2.05) is 26.0 Å². The van der Waals surface area contributed by atoms with Crippen molar-refractivity contribution in [3.8, 4) is 0 Å². The van der Waals surface area contributed by atoms with Crippen LogP contribution in [0.25, 0.3) is 11.0 Å². The molecule has 4 rings (SSSR count). The summed E-state index contributed by atoms with van der Waals surface area (Å²) in [6, 6.07) is 3.99. The van der Waals surface area contributed by atoms with E-state index >= 15 is 0 Å². The smallest absolute Gasteiger partial charge is 0.251 e. The summed E-state index contributed by atoms with van der Waals surface area (Å²) in [7, 11) is 0. The highest BCUT2D eigenvalue weighted by molar-refractivity contribution is 7.17. The van der Waals surface area contributed by atoms with E-state index in [0.29, 0.717) is 21.8 Å². The molecule has 2 heterocycles. The lowest BCUT2D eigenvalue weighted by molar-refractivity contribution is -0.115. The molecule has 0 radical (unpaired) electrons. The van der Waals surface area contributed by atoms with Gasteiger partial charge < -0.3 is 15.6 Å². The van der Waals surface area contributed by atoms with Gasteiger partial charge in [-0.25, -0.2) is 0 Å². The van der Waals surface area contributed by atoms with E-state index in [0.717, 1.165) is 52.6 Å². The fourth-order valence-corrected chi connectivity index (χ4v) is 5.12. The molecule has 0 aliphatic heterocycles. The molecule has 0 saturated heterocycles. The van der Waals surface area contributed by atoms with Gasteiger partial charge in [0.25, 0.3) is 5.91 Å². The number of nitrogens with zero attached hydrogens (tertiary/aromatic N) is 1. The molecule has 0 fully saturated rings. The number of fused-ring (bicyclic) bond motifs is 2. The van der Waals surface area contributed by atoms with Gasteiger partial charge in [-0.05, 0) is 62.3 Å². The third-order valence-corrected chi connectivity index (χ3v) is 6.18. The van der Waals surface area contributed by atoms with Crippen molar-refractivity contribution in [2.45, 2.75) is 46.0 Å². The summed E-state index contributed by atoms with van der Waals surface area (Å²) in [5.41, 5.74) is 10.4. The van der Waals surface area contributed by atoms with Gasteiger partial charge in [-0.15, -0.1) is 11.3 Å². The highest BCUT2D eigenvalue weighted by atomic mass is 32.1. The topological polar surface area (TPSA) is 98.2 Å². The number of hydrogen-bond acceptors (Lipinski definition) is 5. The van der Waals surface area contributed by atoms with E-state index in [2.05, 4.69) is 10.5 Å². The normalized spacial score (nSPS) is 13.6. The zero-order valence-electron chi connectivity index (χ0n) is 15.3. The van der Waals surface area contributed by atoms with Crippen molar-refractivity contribution in [3.05, 3.63) is 45.0 Å². The van der Waals surface area contributed by atoms with Gasteiger partial charge in [0, 0.05) is 10.3 Å². The Kier molecular flexibility index (Phi) is 4.47. The average Bonchev–Trinajstić information content (AvgIpc) is 3.16. The predicted octanol–water partition coefficient (Wildman–Crippen LogP) is 3.67. The second-order valence-corrected chi connectivity index (χ2v) is 8.20. The molecule has 0 spiro atoms.